The molecule has 1 aliphatic heterocycles. The van der Waals surface area contributed by atoms with Crippen LogP contribution < -0.4 is 10.7 Å². The van der Waals surface area contributed by atoms with Gasteiger partial charge in [0.1, 0.15) is 5.75 Å². The maximum Gasteiger partial charge on any atom is 0.187 e. The highest BCUT2D eigenvalue weighted by Gasteiger charge is 2.15. The van der Waals surface area contributed by atoms with E-state index in [1.165, 1.54) is 0 Å². The molecule has 120 valence electrons. The van der Waals surface area contributed by atoms with Crippen molar-refractivity contribution in [3.8, 4) is 5.75 Å². The van der Waals surface area contributed by atoms with E-state index in [1.54, 1.807) is 6.07 Å². The number of thiocarbonyl (C=S) groups is 1. The molecule has 0 unspecified atom stereocenters. The number of aromatic hydroxyl groups is 1. The summed E-state index contributed by atoms with van der Waals surface area (Å²) >= 11 is 5.22. The number of hydrogen-bond acceptors (Lipinski definition) is 4. The van der Waals surface area contributed by atoms with Crippen LogP contribution in [0.4, 0.5) is 0 Å². The van der Waals surface area contributed by atoms with E-state index in [2.05, 4.69) is 15.8 Å². The van der Waals surface area contributed by atoms with Crippen LogP contribution in [0.2, 0.25) is 0 Å². The summed E-state index contributed by atoms with van der Waals surface area (Å²) < 4.78 is 5.53. The van der Waals surface area contributed by atoms with Crippen molar-refractivity contribution in [2.24, 2.45) is 5.10 Å². The average molecular weight is 321 g/mol. The standard InChI is InChI=1S/C16H23N3O2S/c1-3-14(13-9-11(2)6-7-15(13)20)18-19-16(22)17-10-12-5-4-8-21-12/h6-7,9,12,20H,3-5,8,10H2,1-2H3,(H2,17,19,22)/b18-14+/t12-/m1/s1. The van der Waals surface area contributed by atoms with Gasteiger partial charge in [-0.3, -0.25) is 5.43 Å². The summed E-state index contributed by atoms with van der Waals surface area (Å²) in [6.45, 7) is 5.50. The first-order valence-corrected chi connectivity index (χ1v) is 8.03. The fourth-order valence-corrected chi connectivity index (χ4v) is 2.51. The van der Waals surface area contributed by atoms with Crippen LogP contribution in [0.5, 0.6) is 5.75 Å². The second kappa shape index (κ2) is 8.10. The third kappa shape index (κ3) is 4.68. The number of hydrazone groups is 1. The van der Waals surface area contributed by atoms with Crippen LogP contribution in [0.1, 0.15) is 37.3 Å². The van der Waals surface area contributed by atoms with E-state index in [0.717, 1.165) is 36.3 Å². The molecule has 1 heterocycles. The lowest BCUT2D eigenvalue weighted by molar-refractivity contribution is 0.114. The Bertz CT molecular complexity index is 554. The molecule has 1 saturated heterocycles. The summed E-state index contributed by atoms with van der Waals surface area (Å²) in [6.07, 6.45) is 3.10. The van der Waals surface area contributed by atoms with Crippen molar-refractivity contribution in [2.45, 2.75) is 39.2 Å². The predicted molar refractivity (Wildman–Crippen MR) is 92.4 cm³/mol. The fraction of sp³-hybridized carbons (Fsp3) is 0.500. The number of nitrogens with zero attached hydrogens (tertiary/aromatic N) is 1. The Kier molecular flexibility index (Phi) is 6.15. The predicted octanol–water partition coefficient (Wildman–Crippen LogP) is 2.46. The normalized spacial score (nSPS) is 18.3. The fourth-order valence-electron chi connectivity index (χ4n) is 2.38. The van der Waals surface area contributed by atoms with Crippen molar-refractivity contribution >= 4 is 23.0 Å². The van der Waals surface area contributed by atoms with Crippen LogP contribution in [-0.4, -0.2) is 35.2 Å². The second-order valence-electron chi connectivity index (χ2n) is 5.39. The van der Waals surface area contributed by atoms with E-state index in [0.29, 0.717) is 18.1 Å². The maximum absolute atomic E-state index is 9.98. The van der Waals surface area contributed by atoms with Gasteiger partial charge >= 0.3 is 0 Å². The SMILES string of the molecule is CC/C(=N\NC(=S)NC[C@H]1CCCO1)c1cc(C)ccc1O. The van der Waals surface area contributed by atoms with Crippen molar-refractivity contribution in [3.05, 3.63) is 29.3 Å². The molecule has 1 aliphatic rings. The van der Waals surface area contributed by atoms with E-state index < -0.39 is 0 Å². The monoisotopic (exact) mass is 321 g/mol. The molecule has 3 N–H and O–H groups in total. The highest BCUT2D eigenvalue weighted by molar-refractivity contribution is 7.80. The number of nitrogens with one attached hydrogen (secondary N) is 2. The lowest BCUT2D eigenvalue weighted by Crippen LogP contribution is -2.37. The molecule has 0 bridgehead atoms. The lowest BCUT2D eigenvalue weighted by Gasteiger charge is -2.13. The van der Waals surface area contributed by atoms with Gasteiger partial charge in [0, 0.05) is 18.7 Å². The number of hydrogen-bond donors (Lipinski definition) is 3. The minimum Gasteiger partial charge on any atom is -0.507 e. The number of benzene rings is 1. The molecule has 1 atom stereocenters. The molecule has 0 amide bonds. The summed E-state index contributed by atoms with van der Waals surface area (Å²) in [6, 6.07) is 5.47. The molecule has 0 aromatic heterocycles. The number of ether oxygens (including phenoxy) is 1. The van der Waals surface area contributed by atoms with E-state index in [9.17, 15) is 5.11 Å². The van der Waals surface area contributed by atoms with Gasteiger partial charge in [-0.2, -0.15) is 5.10 Å². The summed E-state index contributed by atoms with van der Waals surface area (Å²) in [4.78, 5) is 0. The summed E-state index contributed by atoms with van der Waals surface area (Å²) in [5.74, 6) is 0.228. The van der Waals surface area contributed by atoms with Gasteiger partial charge in [0.2, 0.25) is 0 Å². The Labute approximate surface area is 136 Å². The van der Waals surface area contributed by atoms with Gasteiger partial charge in [-0.1, -0.05) is 18.6 Å². The number of phenols is 1. The first-order valence-electron chi connectivity index (χ1n) is 7.62. The maximum atomic E-state index is 9.98. The molecule has 0 saturated carbocycles. The molecule has 0 aliphatic carbocycles. The van der Waals surface area contributed by atoms with Crippen molar-refractivity contribution in [1.82, 2.24) is 10.7 Å². The Morgan fingerprint density at radius 1 is 1.50 bits per heavy atom. The average Bonchev–Trinajstić information content (AvgIpc) is 3.02. The third-order valence-electron chi connectivity index (χ3n) is 3.60. The summed E-state index contributed by atoms with van der Waals surface area (Å²) in [5, 5.41) is 17.9. The first kappa shape index (κ1) is 16.7. The van der Waals surface area contributed by atoms with Crippen LogP contribution in [0.25, 0.3) is 0 Å². The number of phenolic OH excluding ortho intramolecular Hbond substituents is 1. The van der Waals surface area contributed by atoms with Gasteiger partial charge in [0.15, 0.2) is 5.11 Å². The van der Waals surface area contributed by atoms with Gasteiger partial charge < -0.3 is 15.2 Å². The quantitative estimate of drug-likeness (QED) is 0.442. The number of aryl methyl sites for hydroxylation is 1. The second-order valence-corrected chi connectivity index (χ2v) is 5.80. The van der Waals surface area contributed by atoms with E-state index in [-0.39, 0.29) is 11.9 Å². The van der Waals surface area contributed by atoms with Gasteiger partial charge in [-0.05, 0) is 50.5 Å². The zero-order chi connectivity index (χ0) is 15.9. The summed E-state index contributed by atoms with van der Waals surface area (Å²) in [5.41, 5.74) is 5.42. The van der Waals surface area contributed by atoms with E-state index in [4.69, 9.17) is 17.0 Å². The molecular formula is C16H23N3O2S. The lowest BCUT2D eigenvalue weighted by atomic mass is 10.0. The third-order valence-corrected chi connectivity index (χ3v) is 3.84. The van der Waals surface area contributed by atoms with Crippen LogP contribution >= 0.6 is 12.2 Å². The topological polar surface area (TPSA) is 65.9 Å². The van der Waals surface area contributed by atoms with E-state index >= 15 is 0 Å². The van der Waals surface area contributed by atoms with Gasteiger partial charge in [0.05, 0.1) is 11.8 Å². The zero-order valence-electron chi connectivity index (χ0n) is 13.1. The molecule has 22 heavy (non-hydrogen) atoms. The first-order chi connectivity index (χ1) is 10.6. The van der Waals surface area contributed by atoms with E-state index in [1.807, 2.05) is 26.0 Å². The Morgan fingerprint density at radius 3 is 3.00 bits per heavy atom. The van der Waals surface area contributed by atoms with Gasteiger partial charge in [0.25, 0.3) is 0 Å². The molecule has 0 radical (unpaired) electrons. The Morgan fingerprint density at radius 2 is 2.32 bits per heavy atom. The smallest absolute Gasteiger partial charge is 0.187 e. The minimum absolute atomic E-state index is 0.228. The van der Waals surface area contributed by atoms with Crippen LogP contribution in [0.3, 0.4) is 0 Å². The molecule has 1 fully saturated rings. The molecule has 2 rings (SSSR count). The van der Waals surface area contributed by atoms with Gasteiger partial charge in [-0.25, -0.2) is 0 Å². The molecule has 6 heteroatoms. The molecule has 0 spiro atoms. The van der Waals surface area contributed by atoms with Crippen LogP contribution in [0, 0.1) is 6.92 Å². The Balaban J connectivity index is 1.93. The van der Waals surface area contributed by atoms with Crippen molar-refractivity contribution in [1.29, 1.82) is 0 Å². The largest absolute Gasteiger partial charge is 0.507 e. The molecule has 5 nitrogen and oxygen atoms in total. The molecule has 1 aromatic carbocycles. The Hall–Kier alpha value is -1.66. The zero-order valence-corrected chi connectivity index (χ0v) is 13.9. The van der Waals surface area contributed by atoms with Crippen molar-refractivity contribution in [2.75, 3.05) is 13.2 Å². The van der Waals surface area contributed by atoms with Crippen molar-refractivity contribution in [3.63, 3.8) is 0 Å². The van der Waals surface area contributed by atoms with Gasteiger partial charge in [-0.15, -0.1) is 0 Å². The highest BCUT2D eigenvalue weighted by Crippen LogP contribution is 2.20. The van der Waals surface area contributed by atoms with Crippen LogP contribution in [0.15, 0.2) is 23.3 Å². The van der Waals surface area contributed by atoms with Crippen LogP contribution in [-0.2, 0) is 4.74 Å². The minimum atomic E-state index is 0.228. The van der Waals surface area contributed by atoms with Crippen molar-refractivity contribution < 1.29 is 9.84 Å². The molecule has 1 aromatic rings. The molecular weight excluding hydrogens is 298 g/mol. The highest BCUT2D eigenvalue weighted by atomic mass is 32.1. The summed E-state index contributed by atoms with van der Waals surface area (Å²) in [7, 11) is 0. The number of rotatable bonds is 5.